The molecule has 1 heterocycles. The molecule has 2 aromatic carbocycles. The van der Waals surface area contributed by atoms with Crippen LogP contribution < -0.4 is 5.32 Å². The van der Waals surface area contributed by atoms with Gasteiger partial charge >= 0.3 is 5.97 Å². The maximum absolute atomic E-state index is 12.4. The molecule has 3 rings (SSSR count). The van der Waals surface area contributed by atoms with Crippen LogP contribution in [0, 0.1) is 0 Å². The zero-order valence-corrected chi connectivity index (χ0v) is 18.1. The Morgan fingerprint density at radius 1 is 1.07 bits per heavy atom. The Kier molecular flexibility index (Phi) is 9.30. The highest BCUT2D eigenvalue weighted by atomic mass is 35.5. The Morgan fingerprint density at radius 2 is 1.77 bits per heavy atom. The molecule has 1 unspecified atom stereocenters. The molecule has 1 aliphatic heterocycles. The number of aliphatic carboxylic acids is 1. The number of anilines is 1. The van der Waals surface area contributed by atoms with Crippen molar-refractivity contribution in [1.82, 2.24) is 9.80 Å². The fourth-order valence-electron chi connectivity index (χ4n) is 3.82. The van der Waals surface area contributed by atoms with Crippen molar-refractivity contribution >= 4 is 30.0 Å². The Labute approximate surface area is 184 Å². The van der Waals surface area contributed by atoms with E-state index in [-0.39, 0.29) is 24.9 Å². The summed E-state index contributed by atoms with van der Waals surface area (Å²) in [4.78, 5) is 27.7. The highest BCUT2D eigenvalue weighted by Gasteiger charge is 2.21. The average molecular weight is 432 g/mol. The van der Waals surface area contributed by atoms with Crippen molar-refractivity contribution in [3.05, 3.63) is 65.7 Å². The van der Waals surface area contributed by atoms with Crippen molar-refractivity contribution in [3.8, 4) is 0 Å². The summed E-state index contributed by atoms with van der Waals surface area (Å²) in [6.07, 6.45) is 3.06. The van der Waals surface area contributed by atoms with Crippen molar-refractivity contribution in [2.75, 3.05) is 32.0 Å². The summed E-state index contributed by atoms with van der Waals surface area (Å²) in [6, 6.07) is 17.5. The molecule has 1 atom stereocenters. The molecular formula is C23H30ClN3O3. The summed E-state index contributed by atoms with van der Waals surface area (Å²) in [5.41, 5.74) is 2.61. The largest absolute Gasteiger partial charge is 0.480 e. The van der Waals surface area contributed by atoms with E-state index in [1.54, 1.807) is 0 Å². The molecule has 1 saturated heterocycles. The monoisotopic (exact) mass is 431 g/mol. The number of nitrogens with one attached hydrogen (secondary N) is 1. The van der Waals surface area contributed by atoms with Crippen LogP contribution in [0.1, 0.15) is 35.2 Å². The zero-order chi connectivity index (χ0) is 20.6. The number of likely N-dealkylation sites (N-methyl/N-ethyl adjacent to an activating group) is 1. The summed E-state index contributed by atoms with van der Waals surface area (Å²) < 4.78 is 0. The number of likely N-dealkylation sites (tertiary alicyclic amines) is 1. The lowest BCUT2D eigenvalue weighted by atomic mass is 10.1. The van der Waals surface area contributed by atoms with Crippen LogP contribution >= 0.6 is 12.4 Å². The van der Waals surface area contributed by atoms with E-state index in [2.05, 4.69) is 10.2 Å². The Balaban J connectivity index is 0.00000320. The highest BCUT2D eigenvalue weighted by molar-refractivity contribution is 6.04. The van der Waals surface area contributed by atoms with Crippen molar-refractivity contribution in [2.24, 2.45) is 0 Å². The predicted molar refractivity (Wildman–Crippen MR) is 121 cm³/mol. The molecule has 7 heteroatoms. The third-order valence-electron chi connectivity index (χ3n) is 5.45. The van der Waals surface area contributed by atoms with Gasteiger partial charge in [-0.15, -0.1) is 12.4 Å². The lowest BCUT2D eigenvalue weighted by Crippen LogP contribution is -2.36. The molecular weight excluding hydrogens is 402 g/mol. The van der Waals surface area contributed by atoms with Gasteiger partial charge in [-0.2, -0.15) is 0 Å². The van der Waals surface area contributed by atoms with Crippen LogP contribution in [0.15, 0.2) is 54.6 Å². The van der Waals surface area contributed by atoms with Crippen LogP contribution in [0.3, 0.4) is 0 Å². The van der Waals surface area contributed by atoms with Gasteiger partial charge in [0.2, 0.25) is 0 Å². The van der Waals surface area contributed by atoms with Crippen LogP contribution in [0.4, 0.5) is 5.69 Å². The minimum Gasteiger partial charge on any atom is -0.480 e. The molecule has 2 aromatic rings. The molecule has 1 fully saturated rings. The molecule has 0 spiro atoms. The van der Waals surface area contributed by atoms with Crippen molar-refractivity contribution in [1.29, 1.82) is 0 Å². The van der Waals surface area contributed by atoms with Crippen LogP contribution in [0.5, 0.6) is 0 Å². The van der Waals surface area contributed by atoms with E-state index in [1.807, 2.05) is 66.5 Å². The number of para-hydroxylation sites is 1. The zero-order valence-electron chi connectivity index (χ0n) is 17.3. The Morgan fingerprint density at radius 3 is 2.43 bits per heavy atom. The van der Waals surface area contributed by atoms with Gasteiger partial charge in [0, 0.05) is 23.8 Å². The second-order valence-corrected chi connectivity index (χ2v) is 7.69. The fraction of sp³-hybridized carbons (Fsp3) is 0.391. The number of carbonyl (C=O) groups excluding carboxylic acids is 1. The summed E-state index contributed by atoms with van der Waals surface area (Å²) in [7, 11) is 1.90. The first-order chi connectivity index (χ1) is 14.0. The molecule has 1 aliphatic rings. The van der Waals surface area contributed by atoms with E-state index in [0.29, 0.717) is 11.6 Å². The van der Waals surface area contributed by atoms with E-state index in [9.17, 15) is 9.59 Å². The fourth-order valence-corrected chi connectivity index (χ4v) is 3.82. The van der Waals surface area contributed by atoms with Crippen LogP contribution in [0.2, 0.25) is 0 Å². The third-order valence-corrected chi connectivity index (χ3v) is 5.45. The maximum atomic E-state index is 12.4. The number of rotatable bonds is 7. The molecule has 0 aromatic heterocycles. The second-order valence-electron chi connectivity index (χ2n) is 7.69. The van der Waals surface area contributed by atoms with Gasteiger partial charge in [0.05, 0.1) is 6.54 Å². The lowest BCUT2D eigenvalue weighted by Gasteiger charge is -2.25. The number of hydrogen-bond acceptors (Lipinski definition) is 4. The predicted octanol–water partition coefficient (Wildman–Crippen LogP) is 3.73. The summed E-state index contributed by atoms with van der Waals surface area (Å²) in [5.74, 6) is -0.883. The molecule has 0 bridgehead atoms. The molecule has 2 N–H and O–H groups in total. The number of benzene rings is 2. The summed E-state index contributed by atoms with van der Waals surface area (Å²) in [5, 5.41) is 11.9. The molecule has 6 nitrogen and oxygen atoms in total. The smallest absolute Gasteiger partial charge is 0.317 e. The Hall–Kier alpha value is -2.41. The van der Waals surface area contributed by atoms with E-state index in [4.69, 9.17) is 5.11 Å². The minimum atomic E-state index is -0.773. The van der Waals surface area contributed by atoms with Crippen LogP contribution in [-0.4, -0.2) is 59.5 Å². The topological polar surface area (TPSA) is 72.9 Å². The first-order valence-corrected chi connectivity index (χ1v) is 10.1. The molecule has 0 aliphatic carbocycles. The van der Waals surface area contributed by atoms with E-state index >= 15 is 0 Å². The number of nitrogens with zero attached hydrogens (tertiary/aromatic N) is 2. The molecule has 1 amide bonds. The van der Waals surface area contributed by atoms with Gasteiger partial charge < -0.3 is 10.4 Å². The molecule has 162 valence electrons. The van der Waals surface area contributed by atoms with Gasteiger partial charge in [-0.25, -0.2) is 0 Å². The van der Waals surface area contributed by atoms with E-state index in [1.165, 1.54) is 5.56 Å². The minimum absolute atomic E-state index is 0. The number of carboxylic acid groups (broad SMARTS) is 1. The first-order valence-electron chi connectivity index (χ1n) is 10.1. The molecule has 0 saturated carbocycles. The van der Waals surface area contributed by atoms with Gasteiger partial charge in [-0.3, -0.25) is 19.4 Å². The van der Waals surface area contributed by atoms with Crippen LogP contribution in [0.25, 0.3) is 0 Å². The second kappa shape index (κ2) is 11.7. The molecule has 30 heavy (non-hydrogen) atoms. The average Bonchev–Trinajstić information content (AvgIpc) is 2.94. The van der Waals surface area contributed by atoms with Crippen molar-refractivity contribution in [2.45, 2.75) is 31.8 Å². The standard InChI is InChI=1S/C23H29N3O3.ClH/c1-25(17-22(27)28)21-8-5-14-26(15-13-21)16-18-9-11-19(12-10-18)23(29)24-20-6-3-2-4-7-20;/h2-4,6-7,9-12,21H,5,8,13-17H2,1H3,(H,24,29)(H,27,28);1H. The maximum Gasteiger partial charge on any atom is 0.317 e. The lowest BCUT2D eigenvalue weighted by molar-refractivity contribution is -0.138. The van der Waals surface area contributed by atoms with Gasteiger partial charge in [-0.05, 0) is 69.2 Å². The summed E-state index contributed by atoms with van der Waals surface area (Å²) >= 11 is 0. The van der Waals surface area contributed by atoms with Gasteiger partial charge in [0.1, 0.15) is 0 Å². The number of hydrogen-bond donors (Lipinski definition) is 2. The number of halogens is 1. The SMILES string of the molecule is CN(CC(=O)O)C1CCCN(Cc2ccc(C(=O)Nc3ccccc3)cc2)CC1.Cl. The normalized spacial score (nSPS) is 17.1. The van der Waals surface area contributed by atoms with Crippen LogP contribution in [-0.2, 0) is 11.3 Å². The van der Waals surface area contributed by atoms with Gasteiger partial charge in [-0.1, -0.05) is 30.3 Å². The van der Waals surface area contributed by atoms with Crippen molar-refractivity contribution < 1.29 is 14.7 Å². The highest BCUT2D eigenvalue weighted by Crippen LogP contribution is 2.18. The van der Waals surface area contributed by atoms with Crippen molar-refractivity contribution in [3.63, 3.8) is 0 Å². The Bertz CT molecular complexity index is 814. The molecule has 0 radical (unpaired) electrons. The summed E-state index contributed by atoms with van der Waals surface area (Å²) in [6.45, 7) is 2.89. The third kappa shape index (κ3) is 7.13. The number of carbonyl (C=O) groups is 2. The van der Waals surface area contributed by atoms with E-state index in [0.717, 1.165) is 44.6 Å². The van der Waals surface area contributed by atoms with Gasteiger partial charge in [0.15, 0.2) is 0 Å². The number of carboxylic acids is 1. The van der Waals surface area contributed by atoms with Gasteiger partial charge in [0.25, 0.3) is 5.91 Å². The number of amides is 1. The quantitative estimate of drug-likeness (QED) is 0.698. The first kappa shape index (κ1) is 23.9. The van der Waals surface area contributed by atoms with E-state index < -0.39 is 5.97 Å².